The average molecular weight is 328 g/mol. The second-order valence-electron chi connectivity index (χ2n) is 3.88. The summed E-state index contributed by atoms with van der Waals surface area (Å²) in [4.78, 5) is 3.41. The van der Waals surface area contributed by atoms with Crippen molar-refractivity contribution in [3.8, 4) is 11.8 Å². The number of nitrogens with zero attached hydrogens (tertiary/aromatic N) is 2. The minimum absolute atomic E-state index is 0.0571. The number of halogens is 2. The maximum absolute atomic E-state index is 13.1. The number of nitriles is 1. The van der Waals surface area contributed by atoms with Crippen LogP contribution in [0.5, 0.6) is 5.75 Å². The van der Waals surface area contributed by atoms with Gasteiger partial charge >= 0.3 is 0 Å². The number of sulfonamides is 1. The van der Waals surface area contributed by atoms with E-state index in [-0.39, 0.29) is 21.3 Å². The molecule has 0 atom stereocenters. The van der Waals surface area contributed by atoms with E-state index in [4.69, 9.17) is 16.9 Å². The number of rotatable bonds is 3. The minimum Gasteiger partial charge on any atom is -0.506 e. The lowest BCUT2D eigenvalue weighted by molar-refractivity contribution is 0.471. The quantitative estimate of drug-likeness (QED) is 0.841. The lowest BCUT2D eigenvalue weighted by atomic mass is 10.3. The molecule has 0 saturated heterocycles. The Hall–Kier alpha value is -2.37. The number of phenolic OH excluding ortho intramolecular Hbond substituents is 1. The van der Waals surface area contributed by atoms with Gasteiger partial charge in [-0.1, -0.05) is 11.6 Å². The zero-order chi connectivity index (χ0) is 15.6. The van der Waals surface area contributed by atoms with E-state index in [1.165, 1.54) is 12.1 Å². The lowest BCUT2D eigenvalue weighted by Crippen LogP contribution is -2.13. The summed E-state index contributed by atoms with van der Waals surface area (Å²) >= 11 is 5.53. The molecule has 0 unspecified atom stereocenters. The first-order chi connectivity index (χ1) is 9.83. The van der Waals surface area contributed by atoms with E-state index in [1.807, 2.05) is 0 Å². The Labute approximate surface area is 124 Å². The fraction of sp³-hybridized carbons (Fsp3) is 0. The molecule has 108 valence electrons. The maximum Gasteiger partial charge on any atom is 0.263 e. The van der Waals surface area contributed by atoms with Gasteiger partial charge in [-0.3, -0.25) is 4.72 Å². The molecule has 0 radical (unpaired) electrons. The number of anilines is 1. The van der Waals surface area contributed by atoms with Crippen LogP contribution in [0.3, 0.4) is 0 Å². The highest BCUT2D eigenvalue weighted by Crippen LogP contribution is 2.31. The Morgan fingerprint density at radius 1 is 1.38 bits per heavy atom. The summed E-state index contributed by atoms with van der Waals surface area (Å²) in [6.07, 6.45) is 0.989. The first kappa shape index (κ1) is 15.0. The third kappa shape index (κ3) is 3.21. The van der Waals surface area contributed by atoms with E-state index in [9.17, 15) is 17.9 Å². The van der Waals surface area contributed by atoms with Crippen LogP contribution >= 0.6 is 11.6 Å². The van der Waals surface area contributed by atoms with Gasteiger partial charge in [0, 0.05) is 12.3 Å². The number of aromatic nitrogens is 1. The molecule has 0 amide bonds. The predicted molar refractivity (Wildman–Crippen MR) is 72.8 cm³/mol. The normalized spacial score (nSPS) is 10.9. The Bertz CT molecular complexity index is 832. The zero-order valence-electron chi connectivity index (χ0n) is 10.2. The third-order valence-corrected chi connectivity index (χ3v) is 4.08. The molecule has 2 rings (SSSR count). The highest BCUT2D eigenvalue weighted by molar-refractivity contribution is 7.92. The standard InChI is InChI=1S/C12H7ClFN3O3S/c13-9-3-11(12(18)4-10(9)14)17-21(19,20)8-2-1-7(5-15)16-6-8/h1-4,6,17-18H. The fourth-order valence-electron chi connectivity index (χ4n) is 1.43. The molecule has 2 N–H and O–H groups in total. The predicted octanol–water partition coefficient (Wildman–Crippen LogP) is 2.25. The van der Waals surface area contributed by atoms with Crippen LogP contribution in [0, 0.1) is 17.1 Å². The van der Waals surface area contributed by atoms with Crippen molar-refractivity contribution in [2.75, 3.05) is 4.72 Å². The van der Waals surface area contributed by atoms with Crippen molar-refractivity contribution in [2.45, 2.75) is 4.90 Å². The molecule has 0 spiro atoms. The van der Waals surface area contributed by atoms with Gasteiger partial charge in [0.15, 0.2) is 0 Å². The molecular weight excluding hydrogens is 321 g/mol. The molecule has 0 saturated carbocycles. The van der Waals surface area contributed by atoms with Gasteiger partial charge in [-0.05, 0) is 18.2 Å². The molecule has 0 bridgehead atoms. The van der Waals surface area contributed by atoms with Crippen LogP contribution in [0.15, 0.2) is 35.4 Å². The summed E-state index contributed by atoms with van der Waals surface area (Å²) in [5, 5.41) is 17.8. The second kappa shape index (κ2) is 5.55. The summed E-state index contributed by atoms with van der Waals surface area (Å²) < 4.78 is 39.3. The van der Waals surface area contributed by atoms with Crippen molar-refractivity contribution in [2.24, 2.45) is 0 Å². The van der Waals surface area contributed by atoms with Crippen molar-refractivity contribution in [3.05, 3.63) is 47.0 Å². The Kier molecular flexibility index (Phi) is 3.97. The van der Waals surface area contributed by atoms with Gasteiger partial charge in [-0.25, -0.2) is 17.8 Å². The molecule has 0 aliphatic rings. The van der Waals surface area contributed by atoms with E-state index in [1.54, 1.807) is 6.07 Å². The smallest absolute Gasteiger partial charge is 0.263 e. The monoisotopic (exact) mass is 327 g/mol. The number of pyridine rings is 1. The maximum atomic E-state index is 13.1. The van der Waals surface area contributed by atoms with Crippen molar-refractivity contribution in [1.82, 2.24) is 4.98 Å². The van der Waals surface area contributed by atoms with Gasteiger partial charge in [0.25, 0.3) is 10.0 Å². The zero-order valence-corrected chi connectivity index (χ0v) is 11.8. The number of nitrogens with one attached hydrogen (secondary N) is 1. The molecule has 6 nitrogen and oxygen atoms in total. The van der Waals surface area contributed by atoms with Gasteiger partial charge in [0.1, 0.15) is 28.2 Å². The van der Waals surface area contributed by atoms with Crippen molar-refractivity contribution in [1.29, 1.82) is 5.26 Å². The number of benzene rings is 1. The van der Waals surface area contributed by atoms with Crippen LogP contribution in [0.25, 0.3) is 0 Å². The molecule has 0 aliphatic carbocycles. The molecule has 1 aromatic heterocycles. The number of hydrogen-bond acceptors (Lipinski definition) is 5. The van der Waals surface area contributed by atoms with Crippen molar-refractivity contribution >= 4 is 27.3 Å². The largest absolute Gasteiger partial charge is 0.506 e. The highest BCUT2D eigenvalue weighted by atomic mass is 35.5. The number of aromatic hydroxyl groups is 1. The highest BCUT2D eigenvalue weighted by Gasteiger charge is 2.18. The minimum atomic E-state index is -4.05. The van der Waals surface area contributed by atoms with Gasteiger partial charge in [0.05, 0.1) is 10.7 Å². The average Bonchev–Trinajstić information content (AvgIpc) is 2.44. The van der Waals surface area contributed by atoms with E-state index < -0.39 is 21.6 Å². The summed E-state index contributed by atoms with van der Waals surface area (Å²) in [5.41, 5.74) is -0.215. The van der Waals surface area contributed by atoms with Gasteiger partial charge in [0.2, 0.25) is 0 Å². The fourth-order valence-corrected chi connectivity index (χ4v) is 2.60. The molecule has 9 heteroatoms. The van der Waals surface area contributed by atoms with Crippen LogP contribution in [0.4, 0.5) is 10.1 Å². The van der Waals surface area contributed by atoms with Crippen LogP contribution in [-0.2, 0) is 10.0 Å². The molecule has 2 aromatic rings. The summed E-state index contributed by atoms with van der Waals surface area (Å²) in [7, 11) is -4.05. The molecule has 0 aliphatic heterocycles. The van der Waals surface area contributed by atoms with Crippen LogP contribution in [0.1, 0.15) is 5.69 Å². The summed E-state index contributed by atoms with van der Waals surface area (Å²) in [6, 6.07) is 5.79. The Morgan fingerprint density at radius 3 is 2.67 bits per heavy atom. The van der Waals surface area contributed by atoms with E-state index in [0.29, 0.717) is 6.07 Å². The third-order valence-electron chi connectivity index (χ3n) is 2.44. The van der Waals surface area contributed by atoms with Crippen LogP contribution in [-0.4, -0.2) is 18.5 Å². The van der Waals surface area contributed by atoms with Gasteiger partial charge in [-0.2, -0.15) is 5.26 Å². The molecule has 21 heavy (non-hydrogen) atoms. The molecule has 0 fully saturated rings. The Morgan fingerprint density at radius 2 is 2.10 bits per heavy atom. The first-order valence-corrected chi connectivity index (χ1v) is 7.26. The van der Waals surface area contributed by atoms with Crippen LogP contribution in [0.2, 0.25) is 5.02 Å². The van der Waals surface area contributed by atoms with Crippen molar-refractivity contribution in [3.63, 3.8) is 0 Å². The van der Waals surface area contributed by atoms with E-state index >= 15 is 0 Å². The first-order valence-electron chi connectivity index (χ1n) is 5.40. The lowest BCUT2D eigenvalue weighted by Gasteiger charge is -2.10. The van der Waals surface area contributed by atoms with E-state index in [2.05, 4.69) is 9.71 Å². The van der Waals surface area contributed by atoms with E-state index in [0.717, 1.165) is 12.3 Å². The topological polar surface area (TPSA) is 103 Å². The molecule has 1 heterocycles. The second-order valence-corrected chi connectivity index (χ2v) is 5.97. The summed E-state index contributed by atoms with van der Waals surface area (Å²) in [6.45, 7) is 0. The Balaban J connectivity index is 2.37. The molecular formula is C12H7ClFN3O3S. The number of hydrogen-bond donors (Lipinski definition) is 2. The SMILES string of the molecule is N#Cc1ccc(S(=O)(=O)Nc2cc(Cl)c(F)cc2O)cn1. The van der Waals surface area contributed by atoms with Crippen LogP contribution < -0.4 is 4.72 Å². The molecule has 1 aromatic carbocycles. The summed E-state index contributed by atoms with van der Waals surface area (Å²) in [5.74, 6) is -1.49. The number of phenols is 1. The van der Waals surface area contributed by atoms with Gasteiger partial charge in [-0.15, -0.1) is 0 Å². The van der Waals surface area contributed by atoms with Crippen molar-refractivity contribution < 1.29 is 17.9 Å². The van der Waals surface area contributed by atoms with Gasteiger partial charge < -0.3 is 5.11 Å².